The van der Waals surface area contributed by atoms with Crippen LogP contribution in [0.1, 0.15) is 43.2 Å². The Morgan fingerprint density at radius 2 is 2.18 bits per heavy atom. The SMILES string of the molecule is CCCOc1c([N+](=O)[O-])ccc(C)c1C1CC1. The van der Waals surface area contributed by atoms with Crippen LogP contribution in [0.25, 0.3) is 0 Å². The van der Waals surface area contributed by atoms with Gasteiger partial charge in [-0.3, -0.25) is 10.1 Å². The summed E-state index contributed by atoms with van der Waals surface area (Å²) in [6.45, 7) is 4.53. The number of nitrogens with zero attached hydrogens (tertiary/aromatic N) is 1. The molecule has 4 nitrogen and oxygen atoms in total. The summed E-state index contributed by atoms with van der Waals surface area (Å²) in [5.74, 6) is 0.959. The first-order chi connectivity index (χ1) is 8.15. The molecule has 0 radical (unpaired) electrons. The lowest BCUT2D eigenvalue weighted by Crippen LogP contribution is -2.03. The summed E-state index contributed by atoms with van der Waals surface area (Å²) < 4.78 is 5.62. The number of rotatable bonds is 5. The van der Waals surface area contributed by atoms with Crippen LogP contribution in [0.4, 0.5) is 5.69 Å². The van der Waals surface area contributed by atoms with Crippen molar-refractivity contribution in [3.05, 3.63) is 33.4 Å². The van der Waals surface area contributed by atoms with Gasteiger partial charge in [-0.05, 0) is 37.7 Å². The van der Waals surface area contributed by atoms with E-state index in [2.05, 4.69) is 0 Å². The number of aryl methyl sites for hydroxylation is 1. The van der Waals surface area contributed by atoms with Crippen LogP contribution in [-0.4, -0.2) is 11.5 Å². The molecule has 0 aliphatic heterocycles. The average molecular weight is 235 g/mol. The third kappa shape index (κ3) is 2.40. The highest BCUT2D eigenvalue weighted by atomic mass is 16.6. The van der Waals surface area contributed by atoms with Crippen molar-refractivity contribution in [2.24, 2.45) is 0 Å². The monoisotopic (exact) mass is 235 g/mol. The average Bonchev–Trinajstić information content (AvgIpc) is 3.09. The molecule has 0 heterocycles. The molecule has 0 saturated heterocycles. The Morgan fingerprint density at radius 1 is 1.47 bits per heavy atom. The molecule has 1 saturated carbocycles. The molecular formula is C13H17NO3. The van der Waals surface area contributed by atoms with E-state index in [0.717, 1.165) is 30.4 Å². The topological polar surface area (TPSA) is 52.4 Å². The van der Waals surface area contributed by atoms with Gasteiger partial charge in [0.2, 0.25) is 5.75 Å². The number of ether oxygens (including phenoxy) is 1. The van der Waals surface area contributed by atoms with Crippen molar-refractivity contribution in [1.82, 2.24) is 0 Å². The lowest BCUT2D eigenvalue weighted by atomic mass is 10.0. The molecule has 1 aliphatic rings. The Labute approximate surface area is 101 Å². The minimum absolute atomic E-state index is 0.103. The first-order valence-corrected chi connectivity index (χ1v) is 6.05. The predicted octanol–water partition coefficient (Wildman–Crippen LogP) is 3.57. The number of hydrogen-bond acceptors (Lipinski definition) is 3. The van der Waals surface area contributed by atoms with Crippen molar-refractivity contribution in [1.29, 1.82) is 0 Å². The Morgan fingerprint density at radius 3 is 2.71 bits per heavy atom. The van der Waals surface area contributed by atoms with Crippen molar-refractivity contribution >= 4 is 5.69 Å². The fraction of sp³-hybridized carbons (Fsp3) is 0.538. The van der Waals surface area contributed by atoms with Gasteiger partial charge in [-0.1, -0.05) is 13.0 Å². The van der Waals surface area contributed by atoms with E-state index in [4.69, 9.17) is 4.74 Å². The Bertz CT molecular complexity index is 439. The van der Waals surface area contributed by atoms with Crippen LogP contribution in [0, 0.1) is 17.0 Å². The fourth-order valence-electron chi connectivity index (χ4n) is 2.07. The van der Waals surface area contributed by atoms with Gasteiger partial charge in [0.25, 0.3) is 0 Å². The lowest BCUT2D eigenvalue weighted by molar-refractivity contribution is -0.386. The molecule has 92 valence electrons. The second-order valence-corrected chi connectivity index (χ2v) is 4.52. The molecule has 0 aromatic heterocycles. The molecule has 0 bridgehead atoms. The van der Waals surface area contributed by atoms with E-state index in [1.807, 2.05) is 19.9 Å². The van der Waals surface area contributed by atoms with Crippen LogP contribution in [0.15, 0.2) is 12.1 Å². The highest BCUT2D eigenvalue weighted by Crippen LogP contribution is 2.48. The van der Waals surface area contributed by atoms with Crippen molar-refractivity contribution in [3.63, 3.8) is 0 Å². The van der Waals surface area contributed by atoms with E-state index >= 15 is 0 Å². The predicted molar refractivity (Wildman–Crippen MR) is 65.6 cm³/mol. The normalized spacial score (nSPS) is 14.7. The zero-order valence-electron chi connectivity index (χ0n) is 10.2. The smallest absolute Gasteiger partial charge is 0.311 e. The van der Waals surface area contributed by atoms with Gasteiger partial charge in [0.05, 0.1) is 11.5 Å². The van der Waals surface area contributed by atoms with E-state index in [1.54, 1.807) is 6.07 Å². The minimum Gasteiger partial charge on any atom is -0.487 e. The van der Waals surface area contributed by atoms with Gasteiger partial charge in [-0.15, -0.1) is 0 Å². The Balaban J connectivity index is 2.45. The highest BCUT2D eigenvalue weighted by Gasteiger charge is 2.32. The minimum atomic E-state index is -0.351. The maximum Gasteiger partial charge on any atom is 0.311 e. The van der Waals surface area contributed by atoms with Crippen molar-refractivity contribution in [2.75, 3.05) is 6.61 Å². The van der Waals surface area contributed by atoms with Gasteiger partial charge in [0.1, 0.15) is 0 Å². The summed E-state index contributed by atoms with van der Waals surface area (Å²) in [5.41, 5.74) is 2.25. The van der Waals surface area contributed by atoms with Crippen LogP contribution < -0.4 is 4.74 Å². The van der Waals surface area contributed by atoms with Crippen LogP contribution in [0.2, 0.25) is 0 Å². The summed E-state index contributed by atoms with van der Waals surface area (Å²) in [7, 11) is 0. The second-order valence-electron chi connectivity index (χ2n) is 4.52. The number of hydrogen-bond donors (Lipinski definition) is 0. The summed E-state index contributed by atoms with van der Waals surface area (Å²) in [6.07, 6.45) is 3.09. The van der Waals surface area contributed by atoms with Crippen molar-refractivity contribution in [2.45, 2.75) is 39.0 Å². The summed E-state index contributed by atoms with van der Waals surface area (Å²) in [6, 6.07) is 3.37. The molecule has 1 aliphatic carbocycles. The number of nitro groups is 1. The van der Waals surface area contributed by atoms with E-state index in [1.165, 1.54) is 0 Å². The fourth-order valence-corrected chi connectivity index (χ4v) is 2.07. The number of nitro benzene ring substituents is 1. The maximum atomic E-state index is 11.0. The first-order valence-electron chi connectivity index (χ1n) is 6.05. The molecule has 2 rings (SSSR count). The molecular weight excluding hydrogens is 218 g/mol. The van der Waals surface area contributed by atoms with E-state index < -0.39 is 0 Å². The zero-order valence-corrected chi connectivity index (χ0v) is 10.2. The van der Waals surface area contributed by atoms with Crippen LogP contribution in [0.3, 0.4) is 0 Å². The van der Waals surface area contributed by atoms with Gasteiger partial charge in [-0.25, -0.2) is 0 Å². The Kier molecular flexibility index (Phi) is 3.31. The highest BCUT2D eigenvalue weighted by molar-refractivity contribution is 5.57. The van der Waals surface area contributed by atoms with E-state index in [0.29, 0.717) is 18.3 Å². The molecule has 0 spiro atoms. The molecule has 1 aromatic rings. The maximum absolute atomic E-state index is 11.0. The van der Waals surface area contributed by atoms with E-state index in [9.17, 15) is 10.1 Å². The Hall–Kier alpha value is -1.58. The third-order valence-electron chi connectivity index (χ3n) is 3.03. The van der Waals surface area contributed by atoms with Crippen LogP contribution in [-0.2, 0) is 0 Å². The second kappa shape index (κ2) is 4.73. The molecule has 17 heavy (non-hydrogen) atoms. The van der Waals surface area contributed by atoms with Gasteiger partial charge < -0.3 is 4.74 Å². The largest absolute Gasteiger partial charge is 0.487 e. The molecule has 0 atom stereocenters. The molecule has 0 unspecified atom stereocenters. The van der Waals surface area contributed by atoms with E-state index in [-0.39, 0.29) is 10.6 Å². The van der Waals surface area contributed by atoms with Gasteiger partial charge >= 0.3 is 5.69 Å². The van der Waals surface area contributed by atoms with Crippen molar-refractivity contribution in [3.8, 4) is 5.75 Å². The quantitative estimate of drug-likeness (QED) is 0.579. The molecule has 4 heteroatoms. The third-order valence-corrected chi connectivity index (χ3v) is 3.03. The standard InChI is InChI=1S/C13H17NO3/c1-3-8-17-13-11(14(15)16)7-4-9(2)12(13)10-5-6-10/h4,7,10H,3,5-6,8H2,1-2H3. The number of benzene rings is 1. The molecule has 1 fully saturated rings. The van der Waals surface area contributed by atoms with Crippen LogP contribution >= 0.6 is 0 Å². The van der Waals surface area contributed by atoms with Crippen molar-refractivity contribution < 1.29 is 9.66 Å². The summed E-state index contributed by atoms with van der Waals surface area (Å²) >= 11 is 0. The van der Waals surface area contributed by atoms with Crippen LogP contribution in [0.5, 0.6) is 5.75 Å². The molecule has 0 N–H and O–H groups in total. The lowest BCUT2D eigenvalue weighted by Gasteiger charge is -2.13. The van der Waals surface area contributed by atoms with Gasteiger partial charge in [0.15, 0.2) is 0 Å². The summed E-state index contributed by atoms with van der Waals surface area (Å²) in [4.78, 5) is 10.7. The zero-order chi connectivity index (χ0) is 12.4. The molecule has 1 aromatic carbocycles. The summed E-state index contributed by atoms with van der Waals surface area (Å²) in [5, 5.41) is 11.0. The first kappa shape index (κ1) is 11.9. The molecule has 0 amide bonds. The van der Waals surface area contributed by atoms with Gasteiger partial charge in [-0.2, -0.15) is 0 Å². The van der Waals surface area contributed by atoms with Gasteiger partial charge in [0, 0.05) is 11.6 Å².